The zero-order valence-electron chi connectivity index (χ0n) is 9.44. The van der Waals surface area contributed by atoms with Gasteiger partial charge in [0.05, 0.1) is 0 Å². The summed E-state index contributed by atoms with van der Waals surface area (Å²) in [6, 6.07) is 1.13. The summed E-state index contributed by atoms with van der Waals surface area (Å²) < 4.78 is 0. The Morgan fingerprint density at radius 2 is 1.62 bits per heavy atom. The lowest BCUT2D eigenvalue weighted by atomic mass is 10.0. The third-order valence-corrected chi connectivity index (χ3v) is 2.77. The van der Waals surface area contributed by atoms with Gasteiger partial charge in [-0.15, -0.1) is 11.6 Å². The Balaban J connectivity index is 3.80. The standard InChI is InChI=1S/C11H24ClN/c1-5-10(6-2)13-11(8-12)7-9(3)4/h9-11,13H,5-8H2,1-4H3. The van der Waals surface area contributed by atoms with E-state index in [0.717, 1.165) is 11.8 Å². The summed E-state index contributed by atoms with van der Waals surface area (Å²) in [4.78, 5) is 0. The van der Waals surface area contributed by atoms with E-state index in [1.165, 1.54) is 19.3 Å². The fourth-order valence-electron chi connectivity index (χ4n) is 1.60. The predicted molar refractivity (Wildman–Crippen MR) is 61.5 cm³/mol. The lowest BCUT2D eigenvalue weighted by Gasteiger charge is -2.23. The minimum atomic E-state index is 0.492. The van der Waals surface area contributed by atoms with Gasteiger partial charge in [0.25, 0.3) is 0 Å². The first-order chi connectivity index (χ1) is 6.13. The van der Waals surface area contributed by atoms with E-state index in [-0.39, 0.29) is 0 Å². The number of halogens is 1. The van der Waals surface area contributed by atoms with Crippen LogP contribution in [0.15, 0.2) is 0 Å². The molecule has 0 fully saturated rings. The minimum absolute atomic E-state index is 0.492. The van der Waals surface area contributed by atoms with E-state index in [9.17, 15) is 0 Å². The van der Waals surface area contributed by atoms with Gasteiger partial charge >= 0.3 is 0 Å². The lowest BCUT2D eigenvalue weighted by Crippen LogP contribution is -2.39. The monoisotopic (exact) mass is 205 g/mol. The molecule has 0 aliphatic heterocycles. The third-order valence-electron chi connectivity index (χ3n) is 2.40. The minimum Gasteiger partial charge on any atom is -0.310 e. The average molecular weight is 206 g/mol. The molecule has 2 heteroatoms. The van der Waals surface area contributed by atoms with Gasteiger partial charge in [-0.2, -0.15) is 0 Å². The van der Waals surface area contributed by atoms with Crippen LogP contribution in [0.1, 0.15) is 47.0 Å². The quantitative estimate of drug-likeness (QED) is 0.629. The molecule has 0 saturated heterocycles. The number of hydrogen-bond acceptors (Lipinski definition) is 1. The number of nitrogens with one attached hydrogen (secondary N) is 1. The smallest absolute Gasteiger partial charge is 0.0377 e. The fraction of sp³-hybridized carbons (Fsp3) is 1.00. The molecule has 13 heavy (non-hydrogen) atoms. The molecule has 0 amide bonds. The van der Waals surface area contributed by atoms with Crippen LogP contribution in [0.25, 0.3) is 0 Å². The Bertz CT molecular complexity index is 111. The molecule has 0 radical (unpaired) electrons. The highest BCUT2D eigenvalue weighted by atomic mass is 35.5. The summed E-state index contributed by atoms with van der Waals surface area (Å²) in [5, 5.41) is 3.60. The van der Waals surface area contributed by atoms with E-state index in [1.54, 1.807) is 0 Å². The zero-order valence-corrected chi connectivity index (χ0v) is 10.2. The van der Waals surface area contributed by atoms with E-state index >= 15 is 0 Å². The van der Waals surface area contributed by atoms with Crippen LogP contribution in [0.5, 0.6) is 0 Å². The Hall–Kier alpha value is 0.250. The van der Waals surface area contributed by atoms with Gasteiger partial charge in [-0.25, -0.2) is 0 Å². The van der Waals surface area contributed by atoms with Crippen molar-refractivity contribution < 1.29 is 0 Å². The van der Waals surface area contributed by atoms with Crippen molar-refractivity contribution in [2.75, 3.05) is 5.88 Å². The van der Waals surface area contributed by atoms with E-state index in [1.807, 2.05) is 0 Å². The van der Waals surface area contributed by atoms with E-state index in [2.05, 4.69) is 33.0 Å². The Kier molecular flexibility index (Phi) is 7.78. The molecule has 1 N–H and O–H groups in total. The molecular formula is C11H24ClN. The van der Waals surface area contributed by atoms with E-state index < -0.39 is 0 Å². The summed E-state index contributed by atoms with van der Waals surface area (Å²) in [6.45, 7) is 8.94. The van der Waals surface area contributed by atoms with E-state index in [0.29, 0.717) is 12.1 Å². The maximum absolute atomic E-state index is 5.91. The van der Waals surface area contributed by atoms with Crippen LogP contribution in [0.4, 0.5) is 0 Å². The molecular weight excluding hydrogens is 182 g/mol. The largest absolute Gasteiger partial charge is 0.310 e. The van der Waals surface area contributed by atoms with Gasteiger partial charge in [-0.3, -0.25) is 0 Å². The molecule has 0 aliphatic rings. The summed E-state index contributed by atoms with van der Waals surface area (Å²) in [7, 11) is 0. The Labute approximate surface area is 88.2 Å². The molecule has 1 nitrogen and oxygen atoms in total. The van der Waals surface area contributed by atoms with Gasteiger partial charge < -0.3 is 5.32 Å². The van der Waals surface area contributed by atoms with Crippen molar-refractivity contribution >= 4 is 11.6 Å². The molecule has 0 aromatic rings. The fourth-order valence-corrected chi connectivity index (χ4v) is 1.82. The highest BCUT2D eigenvalue weighted by molar-refractivity contribution is 6.18. The average Bonchev–Trinajstić information content (AvgIpc) is 2.11. The predicted octanol–water partition coefficient (Wildman–Crippen LogP) is 3.42. The van der Waals surface area contributed by atoms with Gasteiger partial charge in [0, 0.05) is 18.0 Å². The van der Waals surface area contributed by atoms with Crippen LogP contribution >= 0.6 is 11.6 Å². The Morgan fingerprint density at radius 3 is 1.92 bits per heavy atom. The van der Waals surface area contributed by atoms with Crippen molar-refractivity contribution in [1.29, 1.82) is 0 Å². The van der Waals surface area contributed by atoms with Crippen LogP contribution in [-0.4, -0.2) is 18.0 Å². The molecule has 0 bridgehead atoms. The molecule has 0 aromatic heterocycles. The second-order valence-corrected chi connectivity index (χ2v) is 4.47. The van der Waals surface area contributed by atoms with Crippen molar-refractivity contribution in [2.45, 2.75) is 59.0 Å². The normalized spacial score (nSPS) is 14.1. The lowest BCUT2D eigenvalue weighted by molar-refractivity contribution is 0.379. The van der Waals surface area contributed by atoms with Gasteiger partial charge in [0.1, 0.15) is 0 Å². The van der Waals surface area contributed by atoms with Gasteiger partial charge in [0.2, 0.25) is 0 Å². The van der Waals surface area contributed by atoms with Crippen molar-refractivity contribution in [2.24, 2.45) is 5.92 Å². The van der Waals surface area contributed by atoms with Crippen molar-refractivity contribution in [1.82, 2.24) is 5.32 Å². The molecule has 0 rings (SSSR count). The highest BCUT2D eigenvalue weighted by Crippen LogP contribution is 2.08. The van der Waals surface area contributed by atoms with Gasteiger partial charge in [-0.1, -0.05) is 27.7 Å². The molecule has 80 valence electrons. The summed E-state index contributed by atoms with van der Waals surface area (Å²) in [6.07, 6.45) is 3.57. The van der Waals surface area contributed by atoms with E-state index in [4.69, 9.17) is 11.6 Å². The first-order valence-corrected chi connectivity index (χ1v) is 5.99. The zero-order chi connectivity index (χ0) is 10.3. The summed E-state index contributed by atoms with van der Waals surface area (Å²) >= 11 is 5.91. The molecule has 1 atom stereocenters. The topological polar surface area (TPSA) is 12.0 Å². The molecule has 1 unspecified atom stereocenters. The molecule has 0 aliphatic carbocycles. The van der Waals surface area contributed by atoms with Crippen LogP contribution in [-0.2, 0) is 0 Å². The Morgan fingerprint density at radius 1 is 1.08 bits per heavy atom. The number of hydrogen-bond donors (Lipinski definition) is 1. The molecule has 0 saturated carbocycles. The maximum Gasteiger partial charge on any atom is 0.0377 e. The molecule has 0 aromatic carbocycles. The van der Waals surface area contributed by atoms with Gasteiger partial charge in [0.15, 0.2) is 0 Å². The first kappa shape index (κ1) is 13.2. The SMILES string of the molecule is CCC(CC)NC(CCl)CC(C)C. The van der Waals surface area contributed by atoms with Crippen molar-refractivity contribution in [3.05, 3.63) is 0 Å². The second kappa shape index (κ2) is 7.64. The van der Waals surface area contributed by atoms with Crippen LogP contribution in [0, 0.1) is 5.92 Å². The highest BCUT2D eigenvalue weighted by Gasteiger charge is 2.12. The van der Waals surface area contributed by atoms with Crippen molar-refractivity contribution in [3.63, 3.8) is 0 Å². The maximum atomic E-state index is 5.91. The third kappa shape index (κ3) is 6.34. The van der Waals surface area contributed by atoms with Crippen LogP contribution in [0.2, 0.25) is 0 Å². The second-order valence-electron chi connectivity index (χ2n) is 4.16. The summed E-state index contributed by atoms with van der Waals surface area (Å²) in [5.74, 6) is 1.46. The summed E-state index contributed by atoms with van der Waals surface area (Å²) in [5.41, 5.74) is 0. The number of rotatable bonds is 7. The van der Waals surface area contributed by atoms with Crippen LogP contribution < -0.4 is 5.32 Å². The molecule has 0 spiro atoms. The first-order valence-electron chi connectivity index (χ1n) is 5.45. The number of alkyl halides is 1. The van der Waals surface area contributed by atoms with Crippen LogP contribution in [0.3, 0.4) is 0 Å². The molecule has 0 heterocycles. The van der Waals surface area contributed by atoms with Gasteiger partial charge in [-0.05, 0) is 25.2 Å². The van der Waals surface area contributed by atoms with Crippen molar-refractivity contribution in [3.8, 4) is 0 Å².